The molecule has 0 saturated carbocycles. The molecule has 126 valence electrons. The van der Waals surface area contributed by atoms with Crippen LogP contribution in [0.25, 0.3) is 0 Å². The van der Waals surface area contributed by atoms with Crippen molar-refractivity contribution in [2.45, 2.75) is 12.3 Å². The summed E-state index contributed by atoms with van der Waals surface area (Å²) in [4.78, 5) is 0. The molecule has 2 heterocycles. The van der Waals surface area contributed by atoms with Crippen molar-refractivity contribution in [2.75, 3.05) is 26.3 Å². The van der Waals surface area contributed by atoms with Crippen molar-refractivity contribution in [1.29, 1.82) is 0 Å². The molecule has 0 amide bonds. The van der Waals surface area contributed by atoms with Crippen LogP contribution in [0.2, 0.25) is 0 Å². The zero-order chi connectivity index (χ0) is 26.1. The van der Waals surface area contributed by atoms with Gasteiger partial charge in [-0.3, -0.25) is 0 Å². The van der Waals surface area contributed by atoms with Crippen molar-refractivity contribution in [3.8, 4) is 17.2 Å². The summed E-state index contributed by atoms with van der Waals surface area (Å²) in [5.41, 5.74) is -0.643. The molecule has 5 heteroatoms. The lowest BCUT2D eigenvalue weighted by Gasteiger charge is -2.32. The van der Waals surface area contributed by atoms with Crippen LogP contribution in [0.5, 0.6) is 17.2 Å². The number of fused-ring (bicyclic) bond motifs is 1. The molecule has 2 aromatic carbocycles. The van der Waals surface area contributed by atoms with Crippen molar-refractivity contribution < 1.29 is 33.7 Å². The number of ether oxygens (including phenoxy) is 3. The summed E-state index contributed by atoms with van der Waals surface area (Å²) >= 11 is 0. The largest absolute Gasteiger partial charge is 0.493 e. The third-order valence-corrected chi connectivity index (χ3v) is 3.54. The van der Waals surface area contributed by atoms with E-state index in [2.05, 4.69) is 5.32 Å². The summed E-state index contributed by atoms with van der Waals surface area (Å²) in [6, 6.07) is -0.274. The minimum Gasteiger partial charge on any atom is -0.493 e. The average Bonchev–Trinajstić information content (AvgIpc) is 3.02. The van der Waals surface area contributed by atoms with E-state index >= 15 is 0 Å². The maximum absolute atomic E-state index is 14.1. The Morgan fingerprint density at radius 3 is 3.04 bits per heavy atom. The van der Waals surface area contributed by atoms with Gasteiger partial charge in [-0.1, -0.05) is 12.1 Å². The van der Waals surface area contributed by atoms with Gasteiger partial charge in [-0.15, -0.1) is 0 Å². The van der Waals surface area contributed by atoms with Gasteiger partial charge < -0.3 is 19.5 Å². The molecule has 0 aliphatic carbocycles. The van der Waals surface area contributed by atoms with Gasteiger partial charge in [0, 0.05) is 22.6 Å². The Labute approximate surface area is 156 Å². The smallest absolute Gasteiger partial charge is 0.231 e. The lowest BCUT2D eigenvalue weighted by molar-refractivity contribution is 0.173. The first-order valence-electron chi connectivity index (χ1n) is 12.7. The summed E-state index contributed by atoms with van der Waals surface area (Å²) in [6.45, 7) is -8.24. The maximum atomic E-state index is 14.1. The fourth-order valence-electron chi connectivity index (χ4n) is 2.38. The van der Waals surface area contributed by atoms with Crippen LogP contribution in [0.3, 0.4) is 0 Å². The molecule has 1 fully saturated rings. The summed E-state index contributed by atoms with van der Waals surface area (Å²) < 4.78 is 120. The van der Waals surface area contributed by atoms with Crippen LogP contribution in [0.4, 0.5) is 4.39 Å². The first kappa shape index (κ1) is 7.31. The molecule has 1 unspecified atom stereocenters. The predicted molar refractivity (Wildman–Crippen MR) is 88.2 cm³/mol. The standard InChI is InChI=1S/C19H20FNO3/c20-15-3-1-13(2-4-15)17-7-8-21-10-14(17)11-22-16-5-6-18-19(9-16)24-12-23-18/h1-6,9,14,17,21H,7-8,10-12H2/t14?,17-/m0/s1/i1D,2D,3D,4D,10D2,11D2,12D2,17D. The first-order chi connectivity index (χ1) is 16.0. The maximum Gasteiger partial charge on any atom is 0.231 e. The zero-order valence-corrected chi connectivity index (χ0v) is 12.3. The summed E-state index contributed by atoms with van der Waals surface area (Å²) in [5.74, 6) is -6.17. The third kappa shape index (κ3) is 3.17. The van der Waals surface area contributed by atoms with Gasteiger partial charge in [-0.05, 0) is 48.6 Å². The Kier molecular flexibility index (Phi) is 2.04. The molecule has 1 saturated heterocycles. The Morgan fingerprint density at radius 1 is 1.33 bits per heavy atom. The van der Waals surface area contributed by atoms with E-state index in [0.717, 1.165) is 6.07 Å². The molecule has 0 radical (unpaired) electrons. The van der Waals surface area contributed by atoms with Crippen LogP contribution >= 0.6 is 0 Å². The number of rotatable bonds is 4. The van der Waals surface area contributed by atoms with Crippen molar-refractivity contribution >= 4 is 0 Å². The average molecular weight is 340 g/mol. The molecular weight excluding hydrogens is 309 g/mol. The highest BCUT2D eigenvalue weighted by Gasteiger charge is 2.27. The zero-order valence-electron chi connectivity index (χ0n) is 23.3. The minimum atomic E-state index is -3.00. The second-order valence-electron chi connectivity index (χ2n) is 5.08. The first-order valence-corrected chi connectivity index (χ1v) is 7.22. The van der Waals surface area contributed by atoms with Gasteiger partial charge in [0.05, 0.1) is 14.8 Å². The topological polar surface area (TPSA) is 39.7 Å². The number of hydrogen-bond acceptors (Lipinski definition) is 4. The number of benzene rings is 2. The summed E-state index contributed by atoms with van der Waals surface area (Å²) in [6.07, 6.45) is -0.330. The van der Waals surface area contributed by atoms with Crippen molar-refractivity contribution in [3.05, 3.63) is 53.7 Å². The molecule has 2 aliphatic rings. The van der Waals surface area contributed by atoms with E-state index in [-0.39, 0.29) is 30.2 Å². The highest BCUT2D eigenvalue weighted by Crippen LogP contribution is 2.36. The van der Waals surface area contributed by atoms with E-state index in [1.807, 2.05) is 0 Å². The van der Waals surface area contributed by atoms with E-state index < -0.39 is 67.2 Å². The fraction of sp³-hybridized carbons (Fsp3) is 0.368. The van der Waals surface area contributed by atoms with Gasteiger partial charge in [0.1, 0.15) is 14.3 Å². The van der Waals surface area contributed by atoms with Gasteiger partial charge in [0.2, 0.25) is 6.75 Å². The molecule has 0 aromatic heterocycles. The monoisotopic (exact) mass is 340 g/mol. The Bertz CT molecular complexity index is 1170. The predicted octanol–water partition coefficient (Wildman–Crippen LogP) is 3.33. The number of hydrogen-bond donors (Lipinski definition) is 1. The number of halogens is 1. The van der Waals surface area contributed by atoms with Gasteiger partial charge in [0.15, 0.2) is 11.5 Å². The molecule has 2 atom stereocenters. The lowest BCUT2D eigenvalue weighted by Crippen LogP contribution is -2.38. The van der Waals surface area contributed by atoms with E-state index in [1.165, 1.54) is 12.1 Å². The Morgan fingerprint density at radius 2 is 2.17 bits per heavy atom. The molecule has 24 heavy (non-hydrogen) atoms. The Balaban J connectivity index is 1.81. The molecule has 0 bridgehead atoms. The van der Waals surface area contributed by atoms with Crippen LogP contribution in [0, 0.1) is 11.7 Å². The highest BCUT2D eigenvalue weighted by atomic mass is 19.1. The van der Waals surface area contributed by atoms with Crippen LogP contribution in [0.1, 0.15) is 33.0 Å². The van der Waals surface area contributed by atoms with Gasteiger partial charge in [-0.2, -0.15) is 0 Å². The van der Waals surface area contributed by atoms with Crippen molar-refractivity contribution in [2.24, 2.45) is 5.92 Å². The Hall–Kier alpha value is -2.27. The third-order valence-electron chi connectivity index (χ3n) is 3.54. The van der Waals surface area contributed by atoms with Crippen molar-refractivity contribution in [1.82, 2.24) is 5.32 Å². The van der Waals surface area contributed by atoms with Crippen LogP contribution < -0.4 is 19.5 Å². The van der Waals surface area contributed by atoms with E-state index in [4.69, 9.17) is 29.3 Å². The van der Waals surface area contributed by atoms with Crippen LogP contribution in [-0.4, -0.2) is 26.3 Å². The molecule has 1 N–H and O–H groups in total. The van der Waals surface area contributed by atoms with E-state index in [0.29, 0.717) is 0 Å². The van der Waals surface area contributed by atoms with Gasteiger partial charge >= 0.3 is 0 Å². The van der Waals surface area contributed by atoms with Gasteiger partial charge in [0.25, 0.3) is 0 Å². The minimum absolute atomic E-state index is 0.0300. The molecule has 2 aromatic rings. The second kappa shape index (κ2) is 6.69. The number of piperidine rings is 1. The molecular formula is C19H20FNO3. The quantitative estimate of drug-likeness (QED) is 0.927. The normalized spacial score (nSPS) is 36.9. The van der Waals surface area contributed by atoms with Gasteiger partial charge in [-0.25, -0.2) is 4.39 Å². The second-order valence-corrected chi connectivity index (χ2v) is 5.08. The van der Waals surface area contributed by atoms with E-state index in [1.54, 1.807) is 0 Å². The highest BCUT2D eigenvalue weighted by molar-refractivity contribution is 5.46. The van der Waals surface area contributed by atoms with Crippen molar-refractivity contribution in [3.63, 3.8) is 0 Å². The molecule has 4 nitrogen and oxygen atoms in total. The summed E-state index contributed by atoms with van der Waals surface area (Å²) in [7, 11) is 0. The van der Waals surface area contributed by atoms with Crippen LogP contribution in [0.15, 0.2) is 42.4 Å². The molecule has 0 spiro atoms. The van der Waals surface area contributed by atoms with Crippen LogP contribution in [-0.2, 0) is 0 Å². The molecule has 2 aliphatic heterocycles. The molecule has 4 rings (SSSR count). The lowest BCUT2D eigenvalue weighted by atomic mass is 9.81. The SMILES string of the molecule is [2H]c1c([2H])c([C@]2([2H])CCNC([2H])([2H])C2C([2H])([2H])Oc2ccc3c(c2)OC([2H])([2H])O3)c([2H])c([2H])c1F. The number of nitrogens with one attached hydrogen (secondary N) is 1. The van der Waals surface area contributed by atoms with E-state index in [9.17, 15) is 4.39 Å². The fourth-order valence-corrected chi connectivity index (χ4v) is 2.38. The summed E-state index contributed by atoms with van der Waals surface area (Å²) in [5, 5.41) is 2.47.